The first-order valence-electron chi connectivity index (χ1n) is 5.81. The van der Waals surface area contributed by atoms with Crippen molar-refractivity contribution in [2.45, 2.75) is 13.0 Å². The summed E-state index contributed by atoms with van der Waals surface area (Å²) in [5.74, 6) is 0.218. The molecule has 0 amide bonds. The molecule has 2 rings (SSSR count). The minimum absolute atomic E-state index is 0.0636. The molecule has 94 valence electrons. The first kappa shape index (κ1) is 12.6. The summed E-state index contributed by atoms with van der Waals surface area (Å²) < 4.78 is 18.9. The van der Waals surface area contributed by atoms with E-state index < -0.39 is 0 Å². The summed E-state index contributed by atoms with van der Waals surface area (Å²) in [7, 11) is 1.52. The first-order chi connectivity index (χ1) is 8.61. The summed E-state index contributed by atoms with van der Waals surface area (Å²) in [6.07, 6.45) is 0. The fourth-order valence-corrected chi connectivity index (χ4v) is 1.85. The van der Waals surface area contributed by atoms with Gasteiger partial charge in [-0.1, -0.05) is 18.2 Å². The molecule has 18 heavy (non-hydrogen) atoms. The Morgan fingerprint density at radius 2 is 1.94 bits per heavy atom. The lowest BCUT2D eigenvalue weighted by atomic mass is 10.00. The summed E-state index contributed by atoms with van der Waals surface area (Å²) in [6.45, 7) is 1.91. The van der Waals surface area contributed by atoms with E-state index in [0.29, 0.717) is 11.3 Å². The zero-order valence-corrected chi connectivity index (χ0v) is 10.5. The van der Waals surface area contributed by atoms with Crippen molar-refractivity contribution in [1.29, 1.82) is 0 Å². The number of hydrogen-bond acceptors (Lipinski definition) is 2. The van der Waals surface area contributed by atoms with E-state index in [1.165, 1.54) is 13.2 Å². The van der Waals surface area contributed by atoms with Crippen molar-refractivity contribution in [3.05, 3.63) is 53.8 Å². The molecule has 0 saturated heterocycles. The Hall–Kier alpha value is -1.87. The average Bonchev–Trinajstić information content (AvgIpc) is 2.38. The molecule has 3 heteroatoms. The van der Waals surface area contributed by atoms with Crippen LogP contribution in [-0.2, 0) is 0 Å². The third-order valence-electron chi connectivity index (χ3n) is 2.90. The van der Waals surface area contributed by atoms with Crippen LogP contribution in [0.15, 0.2) is 42.5 Å². The molecule has 0 spiro atoms. The standard InChI is InChI=1S/C15H16FNO/c1-10(17)11-4-3-5-12(8-11)14-7-6-13(18-2)9-15(14)16/h3-10H,17H2,1-2H3. The van der Waals surface area contributed by atoms with Gasteiger partial charge in [-0.05, 0) is 36.2 Å². The third-order valence-corrected chi connectivity index (χ3v) is 2.90. The molecule has 0 heterocycles. The van der Waals surface area contributed by atoms with Gasteiger partial charge in [-0.3, -0.25) is 0 Å². The molecule has 2 nitrogen and oxygen atoms in total. The van der Waals surface area contributed by atoms with E-state index in [4.69, 9.17) is 10.5 Å². The van der Waals surface area contributed by atoms with Crippen molar-refractivity contribution in [1.82, 2.24) is 0 Å². The largest absolute Gasteiger partial charge is 0.497 e. The van der Waals surface area contributed by atoms with Crippen LogP contribution in [0.25, 0.3) is 11.1 Å². The Balaban J connectivity index is 2.45. The quantitative estimate of drug-likeness (QED) is 0.898. The second-order valence-electron chi connectivity index (χ2n) is 4.26. The molecule has 0 aliphatic rings. The van der Waals surface area contributed by atoms with Gasteiger partial charge in [0.2, 0.25) is 0 Å². The van der Waals surface area contributed by atoms with Crippen LogP contribution >= 0.6 is 0 Å². The summed E-state index contributed by atoms with van der Waals surface area (Å²) in [5, 5.41) is 0. The Bertz CT molecular complexity index is 552. The second-order valence-corrected chi connectivity index (χ2v) is 4.26. The van der Waals surface area contributed by atoms with E-state index >= 15 is 0 Å². The first-order valence-corrected chi connectivity index (χ1v) is 5.81. The minimum Gasteiger partial charge on any atom is -0.497 e. The molecule has 0 aromatic heterocycles. The lowest BCUT2D eigenvalue weighted by Gasteiger charge is -2.10. The Kier molecular flexibility index (Phi) is 3.63. The zero-order valence-electron chi connectivity index (χ0n) is 10.5. The molecule has 0 saturated carbocycles. The maximum atomic E-state index is 13.9. The van der Waals surface area contributed by atoms with Crippen LogP contribution in [0.4, 0.5) is 4.39 Å². The summed E-state index contributed by atoms with van der Waals surface area (Å²) >= 11 is 0. The van der Waals surface area contributed by atoms with Crippen molar-refractivity contribution in [2.24, 2.45) is 5.73 Å². The number of nitrogens with two attached hydrogens (primary N) is 1. The molecular weight excluding hydrogens is 229 g/mol. The third kappa shape index (κ3) is 2.51. The lowest BCUT2D eigenvalue weighted by molar-refractivity contribution is 0.411. The number of benzene rings is 2. The number of rotatable bonds is 3. The Morgan fingerprint density at radius 1 is 1.17 bits per heavy atom. The van der Waals surface area contributed by atoms with Gasteiger partial charge < -0.3 is 10.5 Å². The summed E-state index contributed by atoms with van der Waals surface area (Å²) in [4.78, 5) is 0. The predicted octanol–water partition coefficient (Wildman–Crippen LogP) is 3.52. The van der Waals surface area contributed by atoms with Crippen molar-refractivity contribution >= 4 is 0 Å². The molecule has 0 aliphatic carbocycles. The highest BCUT2D eigenvalue weighted by atomic mass is 19.1. The molecule has 0 aliphatic heterocycles. The Labute approximate surface area is 106 Å². The van der Waals surface area contributed by atoms with Gasteiger partial charge in [-0.2, -0.15) is 0 Å². The van der Waals surface area contributed by atoms with Crippen molar-refractivity contribution in [2.75, 3.05) is 7.11 Å². The zero-order chi connectivity index (χ0) is 13.1. The number of halogens is 1. The minimum atomic E-state index is -0.295. The van der Waals surface area contributed by atoms with Crippen LogP contribution < -0.4 is 10.5 Å². The summed E-state index contributed by atoms with van der Waals surface area (Å²) in [5.41, 5.74) is 8.20. The fourth-order valence-electron chi connectivity index (χ4n) is 1.85. The molecule has 2 N–H and O–H groups in total. The van der Waals surface area contributed by atoms with Gasteiger partial charge in [0.25, 0.3) is 0 Å². The molecule has 2 aromatic rings. The highest BCUT2D eigenvalue weighted by Gasteiger charge is 2.08. The number of methoxy groups -OCH3 is 1. The van der Waals surface area contributed by atoms with Crippen LogP contribution in [0.5, 0.6) is 5.75 Å². The van der Waals surface area contributed by atoms with Gasteiger partial charge in [-0.25, -0.2) is 4.39 Å². The average molecular weight is 245 g/mol. The van der Waals surface area contributed by atoms with Crippen LogP contribution in [0.3, 0.4) is 0 Å². The SMILES string of the molecule is COc1ccc(-c2cccc(C(C)N)c2)c(F)c1. The molecule has 2 aromatic carbocycles. The smallest absolute Gasteiger partial charge is 0.134 e. The van der Waals surface area contributed by atoms with Gasteiger partial charge in [-0.15, -0.1) is 0 Å². The highest BCUT2D eigenvalue weighted by molar-refractivity contribution is 5.65. The van der Waals surface area contributed by atoms with E-state index in [1.807, 2.05) is 31.2 Å². The normalized spacial score (nSPS) is 12.2. The maximum Gasteiger partial charge on any atom is 0.134 e. The van der Waals surface area contributed by atoms with Crippen LogP contribution in [0, 0.1) is 5.82 Å². The predicted molar refractivity (Wildman–Crippen MR) is 71.0 cm³/mol. The van der Waals surface area contributed by atoms with Crippen LogP contribution in [0.2, 0.25) is 0 Å². The van der Waals surface area contributed by atoms with Gasteiger partial charge in [0, 0.05) is 17.7 Å². The second kappa shape index (κ2) is 5.19. The van der Waals surface area contributed by atoms with E-state index in [0.717, 1.165) is 11.1 Å². The molecular formula is C15H16FNO. The van der Waals surface area contributed by atoms with Crippen LogP contribution in [0.1, 0.15) is 18.5 Å². The Morgan fingerprint density at radius 3 is 2.56 bits per heavy atom. The molecule has 0 bridgehead atoms. The topological polar surface area (TPSA) is 35.2 Å². The highest BCUT2D eigenvalue weighted by Crippen LogP contribution is 2.27. The number of hydrogen-bond donors (Lipinski definition) is 1. The van der Waals surface area contributed by atoms with E-state index in [9.17, 15) is 4.39 Å². The maximum absolute atomic E-state index is 13.9. The van der Waals surface area contributed by atoms with Crippen LogP contribution in [-0.4, -0.2) is 7.11 Å². The number of ether oxygens (including phenoxy) is 1. The van der Waals surface area contributed by atoms with E-state index in [2.05, 4.69) is 0 Å². The lowest BCUT2D eigenvalue weighted by Crippen LogP contribution is -2.04. The van der Waals surface area contributed by atoms with E-state index in [-0.39, 0.29) is 11.9 Å². The monoisotopic (exact) mass is 245 g/mol. The fraction of sp³-hybridized carbons (Fsp3) is 0.200. The molecule has 1 unspecified atom stereocenters. The molecule has 0 fully saturated rings. The van der Waals surface area contributed by atoms with Crippen molar-refractivity contribution in [3.63, 3.8) is 0 Å². The van der Waals surface area contributed by atoms with Gasteiger partial charge in [0.1, 0.15) is 11.6 Å². The van der Waals surface area contributed by atoms with E-state index in [1.54, 1.807) is 12.1 Å². The molecule has 0 radical (unpaired) electrons. The van der Waals surface area contributed by atoms with Gasteiger partial charge in [0.05, 0.1) is 7.11 Å². The van der Waals surface area contributed by atoms with Crippen molar-refractivity contribution in [3.8, 4) is 16.9 Å². The van der Waals surface area contributed by atoms with Gasteiger partial charge in [0.15, 0.2) is 0 Å². The molecule has 1 atom stereocenters. The summed E-state index contributed by atoms with van der Waals surface area (Å²) in [6, 6.07) is 12.4. The van der Waals surface area contributed by atoms with Gasteiger partial charge >= 0.3 is 0 Å². The van der Waals surface area contributed by atoms with Crippen molar-refractivity contribution < 1.29 is 9.13 Å².